The molecule has 2 aromatic heterocycles. The van der Waals surface area contributed by atoms with Gasteiger partial charge in [0.1, 0.15) is 23.4 Å². The number of halogens is 2. The Morgan fingerprint density at radius 2 is 1.55 bits per heavy atom. The van der Waals surface area contributed by atoms with Gasteiger partial charge in [0, 0.05) is 48.7 Å². The quantitative estimate of drug-likeness (QED) is 0.200. The second kappa shape index (κ2) is 19.9. The second-order valence-corrected chi connectivity index (χ2v) is 14.6. The van der Waals surface area contributed by atoms with Crippen LogP contribution in [0.5, 0.6) is 0 Å². The highest BCUT2D eigenvalue weighted by Gasteiger charge is 2.46. The molecule has 2 heterocycles. The summed E-state index contributed by atoms with van der Waals surface area (Å²) >= 11 is 5.87. The molecule has 0 saturated heterocycles. The number of Topliss-reactive ketones (excluding diaryl/α,β-unsaturated/α-hetero) is 1. The average molecular weight is 703 g/mol. The number of fused-ring (bicyclic) bond motifs is 1. The molecule has 1 amide bonds. The summed E-state index contributed by atoms with van der Waals surface area (Å²) in [4.78, 5) is 40.3. The number of nitrogens with zero attached hydrogens (tertiary/aromatic N) is 2. The normalized spacial score (nSPS) is 16.7. The van der Waals surface area contributed by atoms with Crippen LogP contribution < -0.4 is 0 Å². The van der Waals surface area contributed by atoms with Crippen molar-refractivity contribution in [2.45, 2.75) is 126 Å². The zero-order valence-electron chi connectivity index (χ0n) is 31.9. The Labute approximate surface area is 299 Å². The predicted molar refractivity (Wildman–Crippen MR) is 200 cm³/mol. The molecule has 1 aliphatic carbocycles. The summed E-state index contributed by atoms with van der Waals surface area (Å²) in [6.45, 7) is 23.0. The molecule has 1 aliphatic rings. The van der Waals surface area contributed by atoms with Crippen molar-refractivity contribution in [2.75, 3.05) is 13.7 Å². The van der Waals surface area contributed by atoms with Crippen LogP contribution in [0.25, 0.3) is 22.4 Å². The number of aliphatic hydroxyl groups excluding tert-OH is 1. The SMILES string of the molecule is CCC(C)=O.CCC1C(C=O)C1CC.CCCN(C(=O)c1cc2nc(-c3ccc(Cl)c(F)c3)cc(C(C)(C)C)c2o1)C(C)(C)CCC.CO. The molecule has 4 rings (SSSR count). The highest BCUT2D eigenvalue weighted by atomic mass is 35.5. The highest BCUT2D eigenvalue weighted by Crippen LogP contribution is 2.48. The maximum Gasteiger partial charge on any atom is 0.290 e. The monoisotopic (exact) mass is 702 g/mol. The van der Waals surface area contributed by atoms with E-state index in [1.165, 1.54) is 25.0 Å². The third-order valence-corrected chi connectivity index (χ3v) is 9.30. The first kappa shape index (κ1) is 43.9. The van der Waals surface area contributed by atoms with Crippen molar-refractivity contribution in [2.24, 2.45) is 17.8 Å². The molecule has 9 heteroatoms. The molecule has 1 N–H and O–H groups in total. The smallest absolute Gasteiger partial charge is 0.290 e. The number of carbonyl (C=O) groups excluding carboxylic acids is 3. The number of hydrogen-bond donors (Lipinski definition) is 1. The Bertz CT molecular complexity index is 1500. The summed E-state index contributed by atoms with van der Waals surface area (Å²) in [5.41, 5.74) is 2.76. The maximum atomic E-state index is 14.1. The number of pyridine rings is 1. The van der Waals surface area contributed by atoms with Gasteiger partial charge in [0.15, 0.2) is 11.3 Å². The minimum absolute atomic E-state index is 0.0674. The lowest BCUT2D eigenvalue weighted by atomic mass is 9.86. The van der Waals surface area contributed by atoms with Gasteiger partial charge in [-0.1, -0.05) is 92.3 Å². The molecule has 0 radical (unpaired) electrons. The summed E-state index contributed by atoms with van der Waals surface area (Å²) in [5.74, 6) is 1.78. The van der Waals surface area contributed by atoms with Gasteiger partial charge in [-0.25, -0.2) is 9.37 Å². The van der Waals surface area contributed by atoms with Gasteiger partial charge in [-0.3, -0.25) is 4.79 Å². The fourth-order valence-electron chi connectivity index (χ4n) is 6.10. The van der Waals surface area contributed by atoms with Crippen LogP contribution in [-0.4, -0.2) is 52.2 Å². The van der Waals surface area contributed by atoms with Crippen LogP contribution in [0.2, 0.25) is 5.02 Å². The van der Waals surface area contributed by atoms with Crippen LogP contribution in [0.1, 0.15) is 131 Å². The number of ketones is 1. The topological polar surface area (TPSA) is 101 Å². The molecule has 1 fully saturated rings. The molecule has 2 unspecified atom stereocenters. The van der Waals surface area contributed by atoms with Crippen LogP contribution in [0, 0.1) is 23.6 Å². The van der Waals surface area contributed by atoms with E-state index in [9.17, 15) is 18.8 Å². The van der Waals surface area contributed by atoms with E-state index in [-0.39, 0.29) is 33.4 Å². The Morgan fingerprint density at radius 1 is 0.980 bits per heavy atom. The fraction of sp³-hybridized carbons (Fsp3) is 0.600. The van der Waals surface area contributed by atoms with Gasteiger partial charge in [0.25, 0.3) is 5.91 Å². The molecule has 1 aromatic carbocycles. The van der Waals surface area contributed by atoms with Crippen LogP contribution in [0.15, 0.2) is 34.7 Å². The van der Waals surface area contributed by atoms with Gasteiger partial charge in [0.05, 0.1) is 10.7 Å². The van der Waals surface area contributed by atoms with E-state index in [1.54, 1.807) is 19.1 Å². The van der Waals surface area contributed by atoms with Crippen molar-refractivity contribution in [1.29, 1.82) is 0 Å². The van der Waals surface area contributed by atoms with Gasteiger partial charge >= 0.3 is 0 Å². The van der Waals surface area contributed by atoms with E-state index in [0.29, 0.717) is 41.2 Å². The Balaban J connectivity index is 0.000000619. The van der Waals surface area contributed by atoms with Gasteiger partial charge < -0.3 is 24.0 Å². The van der Waals surface area contributed by atoms with E-state index in [0.717, 1.165) is 50.1 Å². The fourth-order valence-corrected chi connectivity index (χ4v) is 6.21. The third-order valence-electron chi connectivity index (χ3n) is 8.99. The van der Waals surface area contributed by atoms with Crippen molar-refractivity contribution >= 4 is 40.7 Å². The minimum atomic E-state index is -0.496. The summed E-state index contributed by atoms with van der Waals surface area (Å²) in [6.07, 6.45) is 6.90. The van der Waals surface area contributed by atoms with Crippen molar-refractivity contribution in [3.05, 3.63) is 52.5 Å². The molecule has 2 atom stereocenters. The molecule has 0 bridgehead atoms. The maximum absolute atomic E-state index is 14.1. The van der Waals surface area contributed by atoms with Crippen LogP contribution in [0.4, 0.5) is 4.39 Å². The van der Waals surface area contributed by atoms with Crippen molar-refractivity contribution in [3.8, 4) is 11.3 Å². The molecule has 3 aromatic rings. The molecular formula is C40H60ClFN2O5. The number of aldehydes is 1. The van der Waals surface area contributed by atoms with Crippen molar-refractivity contribution in [1.82, 2.24) is 9.88 Å². The molecule has 0 aliphatic heterocycles. The van der Waals surface area contributed by atoms with Crippen LogP contribution in [-0.2, 0) is 15.0 Å². The molecule has 0 spiro atoms. The van der Waals surface area contributed by atoms with E-state index in [4.69, 9.17) is 26.1 Å². The van der Waals surface area contributed by atoms with E-state index in [2.05, 4.69) is 62.3 Å². The summed E-state index contributed by atoms with van der Waals surface area (Å²) in [7, 11) is 1.00. The molecule has 7 nitrogen and oxygen atoms in total. The molecule has 274 valence electrons. The minimum Gasteiger partial charge on any atom is -0.449 e. The first-order chi connectivity index (χ1) is 23.0. The summed E-state index contributed by atoms with van der Waals surface area (Å²) in [5, 5.41) is 7.07. The number of hydrogen-bond acceptors (Lipinski definition) is 6. The molecular weight excluding hydrogens is 643 g/mol. The number of carbonyl (C=O) groups is 3. The second-order valence-electron chi connectivity index (χ2n) is 14.2. The first-order valence-electron chi connectivity index (χ1n) is 17.6. The van der Waals surface area contributed by atoms with Gasteiger partial charge in [-0.15, -0.1) is 0 Å². The Hall–Kier alpha value is -3.10. The average Bonchev–Trinajstić information content (AvgIpc) is 3.60. The van der Waals surface area contributed by atoms with Crippen molar-refractivity contribution in [3.63, 3.8) is 0 Å². The van der Waals surface area contributed by atoms with Crippen molar-refractivity contribution < 1.29 is 28.3 Å². The summed E-state index contributed by atoms with van der Waals surface area (Å²) in [6, 6.07) is 8.28. The zero-order valence-corrected chi connectivity index (χ0v) is 32.6. The molecule has 49 heavy (non-hydrogen) atoms. The van der Waals surface area contributed by atoms with Gasteiger partial charge in [-0.05, 0) is 69.1 Å². The number of aromatic nitrogens is 1. The van der Waals surface area contributed by atoms with Gasteiger partial charge in [-0.2, -0.15) is 0 Å². The lowest BCUT2D eigenvalue weighted by Gasteiger charge is -2.38. The highest BCUT2D eigenvalue weighted by molar-refractivity contribution is 6.30. The van der Waals surface area contributed by atoms with Crippen LogP contribution in [0.3, 0.4) is 0 Å². The molecule has 1 saturated carbocycles. The van der Waals surface area contributed by atoms with E-state index in [1.807, 2.05) is 17.9 Å². The lowest BCUT2D eigenvalue weighted by Crippen LogP contribution is -2.48. The number of rotatable bonds is 11. The van der Waals surface area contributed by atoms with E-state index >= 15 is 0 Å². The number of amides is 1. The van der Waals surface area contributed by atoms with E-state index < -0.39 is 5.82 Å². The Kier molecular flexibility index (Phi) is 17.9. The summed E-state index contributed by atoms with van der Waals surface area (Å²) < 4.78 is 20.3. The lowest BCUT2D eigenvalue weighted by molar-refractivity contribution is -0.116. The largest absolute Gasteiger partial charge is 0.449 e. The Morgan fingerprint density at radius 3 is 1.96 bits per heavy atom. The number of aliphatic hydroxyl groups is 1. The number of benzene rings is 1. The van der Waals surface area contributed by atoms with Gasteiger partial charge in [0.2, 0.25) is 0 Å². The zero-order chi connectivity index (χ0) is 37.7. The standard InChI is InChI=1S/C27H34ClFN2O2.C8H14O.C4H8O.CH4O/c1-8-12-27(6,7)31(13-9-2)25(32)23-16-22-24(33-23)18(26(3,4)5)15-21(30-22)17-10-11-19(28)20(29)14-17;1-3-6-7(4-2)8(6)5-9;1-3-4(2)5;1-2/h10-11,14-16H,8-9,12-13H2,1-7H3;5-8H,3-4H2,1-2H3;3H2,1-2H3;2H,1H3. The van der Waals surface area contributed by atoms with Crippen LogP contribution >= 0.6 is 11.6 Å². The third kappa shape index (κ3) is 12.0. The number of furan rings is 1. The predicted octanol–water partition coefficient (Wildman–Crippen LogP) is 10.5. The first-order valence-corrected chi connectivity index (χ1v) is 18.0.